The van der Waals surface area contributed by atoms with Crippen LogP contribution in [0.3, 0.4) is 0 Å². The number of nitrogens with one attached hydrogen (secondary N) is 2. The van der Waals surface area contributed by atoms with Crippen LogP contribution in [0.4, 0.5) is 11.4 Å². The first-order valence-electron chi connectivity index (χ1n) is 8.07. The molecule has 1 aromatic heterocycles. The molecule has 8 heteroatoms. The van der Waals surface area contributed by atoms with Gasteiger partial charge in [0.2, 0.25) is 5.91 Å². The third-order valence-electron chi connectivity index (χ3n) is 3.74. The van der Waals surface area contributed by atoms with E-state index >= 15 is 0 Å². The second kappa shape index (κ2) is 8.84. The second-order valence-electron chi connectivity index (χ2n) is 5.55. The molecule has 0 radical (unpaired) electrons. The number of hydrogen-bond donors (Lipinski definition) is 2. The van der Waals surface area contributed by atoms with E-state index in [0.717, 1.165) is 24.5 Å². The van der Waals surface area contributed by atoms with E-state index < -0.39 is 0 Å². The number of carbonyl (C=O) groups is 1. The molecule has 0 saturated carbocycles. The lowest BCUT2D eigenvalue weighted by atomic mass is 10.2. The topological polar surface area (TPSA) is 66.7 Å². The summed E-state index contributed by atoms with van der Waals surface area (Å²) in [4.78, 5) is 14.2. The van der Waals surface area contributed by atoms with E-state index in [9.17, 15) is 4.79 Å². The fourth-order valence-corrected chi connectivity index (χ4v) is 2.92. The maximum atomic E-state index is 12.0. The Morgan fingerprint density at radius 2 is 2.08 bits per heavy atom. The lowest BCUT2D eigenvalue weighted by Gasteiger charge is -2.30. The Balaban J connectivity index is 1.64. The maximum Gasteiger partial charge on any atom is 0.250 e. The highest BCUT2D eigenvalue weighted by atomic mass is 35.5. The molecule has 2 heterocycles. The number of nitrogens with zero attached hydrogens (tertiary/aromatic N) is 1. The van der Waals surface area contributed by atoms with Crippen molar-refractivity contribution in [2.45, 2.75) is 0 Å². The molecule has 6 nitrogen and oxygen atoms in total. The molecule has 1 aliphatic rings. The molecule has 1 saturated heterocycles. The van der Waals surface area contributed by atoms with Gasteiger partial charge in [-0.25, -0.2) is 0 Å². The first-order valence-corrected chi connectivity index (χ1v) is 8.86. The number of halogens is 1. The van der Waals surface area contributed by atoms with Gasteiger partial charge in [0.15, 0.2) is 5.11 Å². The first-order chi connectivity index (χ1) is 12.6. The van der Waals surface area contributed by atoms with Gasteiger partial charge in [0, 0.05) is 24.2 Å². The van der Waals surface area contributed by atoms with Gasteiger partial charge >= 0.3 is 0 Å². The highest BCUT2D eigenvalue weighted by Crippen LogP contribution is 2.29. The molecule has 0 bridgehead atoms. The monoisotopic (exact) mass is 391 g/mol. The van der Waals surface area contributed by atoms with Crippen molar-refractivity contribution >= 4 is 52.3 Å². The average molecular weight is 392 g/mol. The van der Waals surface area contributed by atoms with Gasteiger partial charge in [-0.3, -0.25) is 10.1 Å². The molecule has 1 fully saturated rings. The predicted octanol–water partition coefficient (Wildman–Crippen LogP) is 3.30. The Bertz CT molecular complexity index is 802. The van der Waals surface area contributed by atoms with Crippen molar-refractivity contribution in [2.75, 3.05) is 36.5 Å². The van der Waals surface area contributed by atoms with E-state index in [1.165, 1.54) is 12.3 Å². The zero-order chi connectivity index (χ0) is 18.4. The summed E-state index contributed by atoms with van der Waals surface area (Å²) in [6.45, 7) is 2.89. The van der Waals surface area contributed by atoms with Crippen molar-refractivity contribution in [3.05, 3.63) is 53.5 Å². The predicted molar refractivity (Wildman–Crippen MR) is 107 cm³/mol. The minimum atomic E-state index is -0.353. The molecule has 0 unspecified atom stereocenters. The van der Waals surface area contributed by atoms with Crippen molar-refractivity contribution in [1.29, 1.82) is 0 Å². The molecule has 3 rings (SSSR count). The summed E-state index contributed by atoms with van der Waals surface area (Å²) in [5.41, 5.74) is 1.69. The van der Waals surface area contributed by atoms with Crippen LogP contribution in [0.1, 0.15) is 5.76 Å². The van der Waals surface area contributed by atoms with Gasteiger partial charge in [0.1, 0.15) is 5.76 Å². The summed E-state index contributed by atoms with van der Waals surface area (Å²) < 4.78 is 10.5. The zero-order valence-corrected chi connectivity index (χ0v) is 15.5. The van der Waals surface area contributed by atoms with Crippen LogP contribution in [0.25, 0.3) is 6.08 Å². The number of amides is 1. The van der Waals surface area contributed by atoms with Crippen LogP contribution < -0.4 is 15.5 Å². The number of anilines is 2. The van der Waals surface area contributed by atoms with Crippen LogP contribution in [0.2, 0.25) is 5.02 Å². The smallest absolute Gasteiger partial charge is 0.250 e. The van der Waals surface area contributed by atoms with Gasteiger partial charge in [-0.2, -0.15) is 0 Å². The lowest BCUT2D eigenvalue weighted by Crippen LogP contribution is -2.37. The van der Waals surface area contributed by atoms with Crippen molar-refractivity contribution in [3.8, 4) is 0 Å². The van der Waals surface area contributed by atoms with Crippen molar-refractivity contribution in [1.82, 2.24) is 5.32 Å². The van der Waals surface area contributed by atoms with E-state index in [2.05, 4.69) is 15.5 Å². The number of thiocarbonyl (C=S) groups is 1. The summed E-state index contributed by atoms with van der Waals surface area (Å²) >= 11 is 11.4. The summed E-state index contributed by atoms with van der Waals surface area (Å²) in [7, 11) is 0. The number of carbonyl (C=O) groups excluding carboxylic acids is 1. The largest absolute Gasteiger partial charge is 0.465 e. The number of benzene rings is 1. The number of morpholine rings is 1. The van der Waals surface area contributed by atoms with Crippen LogP contribution >= 0.6 is 23.8 Å². The summed E-state index contributed by atoms with van der Waals surface area (Å²) in [6.07, 6.45) is 4.46. The third kappa shape index (κ3) is 5.08. The molecule has 0 spiro atoms. The van der Waals surface area contributed by atoms with Crippen molar-refractivity contribution < 1.29 is 13.9 Å². The Hall–Kier alpha value is -2.35. The van der Waals surface area contributed by atoms with Crippen LogP contribution in [0.5, 0.6) is 0 Å². The highest BCUT2D eigenvalue weighted by molar-refractivity contribution is 7.80. The zero-order valence-electron chi connectivity index (χ0n) is 13.9. The van der Waals surface area contributed by atoms with Gasteiger partial charge in [-0.1, -0.05) is 11.6 Å². The highest BCUT2D eigenvalue weighted by Gasteiger charge is 2.16. The summed E-state index contributed by atoms with van der Waals surface area (Å²) in [5, 5.41) is 6.43. The molecule has 26 heavy (non-hydrogen) atoms. The minimum absolute atomic E-state index is 0.191. The number of hydrogen-bond acceptors (Lipinski definition) is 5. The SMILES string of the molecule is O=C(C=Cc1ccco1)NC(=S)Nc1cc(Cl)ccc1N1CCOCC1. The van der Waals surface area contributed by atoms with Gasteiger partial charge in [-0.15, -0.1) is 0 Å². The van der Waals surface area contributed by atoms with Gasteiger partial charge < -0.3 is 19.4 Å². The van der Waals surface area contributed by atoms with Gasteiger partial charge in [0.25, 0.3) is 0 Å². The van der Waals surface area contributed by atoms with E-state index in [4.69, 9.17) is 33.0 Å². The van der Waals surface area contributed by atoms with Crippen molar-refractivity contribution in [2.24, 2.45) is 0 Å². The van der Waals surface area contributed by atoms with Gasteiger partial charge in [0.05, 0.1) is 30.9 Å². The number of furan rings is 1. The molecular formula is C18H18ClN3O3S. The average Bonchev–Trinajstić information content (AvgIpc) is 3.14. The standard InChI is InChI=1S/C18H18ClN3O3S/c19-13-3-5-16(22-7-10-24-11-8-22)15(12-13)20-18(26)21-17(23)6-4-14-2-1-9-25-14/h1-6,9,12H,7-8,10-11H2,(H2,20,21,23,26). The fraction of sp³-hybridized carbons (Fsp3) is 0.222. The molecular weight excluding hydrogens is 374 g/mol. The Labute approximate surface area is 161 Å². The molecule has 2 N–H and O–H groups in total. The molecule has 1 amide bonds. The lowest BCUT2D eigenvalue weighted by molar-refractivity contribution is -0.115. The molecule has 136 valence electrons. The Morgan fingerprint density at radius 3 is 2.81 bits per heavy atom. The van der Waals surface area contributed by atoms with Crippen LogP contribution in [0.15, 0.2) is 47.1 Å². The van der Waals surface area contributed by atoms with Crippen LogP contribution in [-0.4, -0.2) is 37.3 Å². The quantitative estimate of drug-likeness (QED) is 0.615. The second-order valence-corrected chi connectivity index (χ2v) is 6.40. The normalized spacial score (nSPS) is 14.4. The van der Waals surface area contributed by atoms with E-state index in [0.29, 0.717) is 24.0 Å². The van der Waals surface area contributed by atoms with Crippen molar-refractivity contribution in [3.63, 3.8) is 0 Å². The van der Waals surface area contributed by atoms with E-state index in [1.807, 2.05) is 12.1 Å². The fourth-order valence-electron chi connectivity index (χ4n) is 2.54. The molecule has 1 aromatic carbocycles. The van der Waals surface area contributed by atoms with Crippen LogP contribution in [0, 0.1) is 0 Å². The van der Waals surface area contributed by atoms with Crippen LogP contribution in [-0.2, 0) is 9.53 Å². The number of ether oxygens (including phenoxy) is 1. The third-order valence-corrected chi connectivity index (χ3v) is 4.18. The minimum Gasteiger partial charge on any atom is -0.465 e. The Morgan fingerprint density at radius 1 is 1.27 bits per heavy atom. The first kappa shape index (κ1) is 18.4. The Kier molecular flexibility index (Phi) is 6.27. The summed E-state index contributed by atoms with van der Waals surface area (Å²) in [5.74, 6) is 0.234. The van der Waals surface area contributed by atoms with Gasteiger partial charge in [-0.05, 0) is 48.6 Å². The van der Waals surface area contributed by atoms with E-state index in [1.54, 1.807) is 24.3 Å². The molecule has 0 atom stereocenters. The van der Waals surface area contributed by atoms with E-state index in [-0.39, 0.29) is 11.0 Å². The maximum absolute atomic E-state index is 12.0. The molecule has 0 aliphatic carbocycles. The molecule has 2 aromatic rings. The molecule has 1 aliphatic heterocycles. The number of rotatable bonds is 4. The summed E-state index contributed by atoms with van der Waals surface area (Å²) in [6, 6.07) is 9.03.